The molecule has 1 fully saturated rings. The highest BCUT2D eigenvalue weighted by molar-refractivity contribution is 8.00. The van der Waals surface area contributed by atoms with Crippen molar-refractivity contribution in [2.24, 2.45) is 5.92 Å². The third kappa shape index (κ3) is 4.52. The normalized spacial score (nSPS) is 18.1. The van der Waals surface area contributed by atoms with E-state index in [0.29, 0.717) is 43.1 Å². The Morgan fingerprint density at radius 3 is 2.00 bits per heavy atom. The summed E-state index contributed by atoms with van der Waals surface area (Å²) >= 11 is 1.72. The van der Waals surface area contributed by atoms with Crippen LogP contribution in [0.2, 0.25) is 0 Å². The van der Waals surface area contributed by atoms with Crippen LogP contribution in [0.3, 0.4) is 0 Å². The van der Waals surface area contributed by atoms with Gasteiger partial charge in [-0.25, -0.2) is 0 Å². The SMILES string of the molecule is CC(=O)N1CCN(C(=O)CSC(C)C(C)C)CC1. The summed E-state index contributed by atoms with van der Waals surface area (Å²) in [5.74, 6) is 1.46. The van der Waals surface area contributed by atoms with Gasteiger partial charge in [0.1, 0.15) is 0 Å². The van der Waals surface area contributed by atoms with E-state index in [0.717, 1.165) is 0 Å². The van der Waals surface area contributed by atoms with E-state index < -0.39 is 0 Å². The number of nitrogens with zero attached hydrogens (tertiary/aromatic N) is 2. The summed E-state index contributed by atoms with van der Waals surface area (Å²) in [6.45, 7) is 10.8. The van der Waals surface area contributed by atoms with Gasteiger partial charge in [-0.1, -0.05) is 20.8 Å². The van der Waals surface area contributed by atoms with Crippen molar-refractivity contribution < 1.29 is 9.59 Å². The summed E-state index contributed by atoms with van der Waals surface area (Å²) < 4.78 is 0. The third-order valence-corrected chi connectivity index (χ3v) is 4.97. The largest absolute Gasteiger partial charge is 0.339 e. The molecule has 0 saturated carbocycles. The Labute approximate surface area is 114 Å². The van der Waals surface area contributed by atoms with Crippen molar-refractivity contribution in [3.8, 4) is 0 Å². The Kier molecular flexibility index (Phi) is 5.99. The maximum Gasteiger partial charge on any atom is 0.232 e. The summed E-state index contributed by atoms with van der Waals surface area (Å²) in [6, 6.07) is 0. The van der Waals surface area contributed by atoms with Gasteiger partial charge in [-0.3, -0.25) is 9.59 Å². The minimum atomic E-state index is 0.102. The van der Waals surface area contributed by atoms with Crippen molar-refractivity contribution in [1.29, 1.82) is 0 Å². The van der Waals surface area contributed by atoms with Crippen molar-refractivity contribution >= 4 is 23.6 Å². The lowest BCUT2D eigenvalue weighted by Crippen LogP contribution is -2.50. The molecule has 0 spiro atoms. The molecule has 0 aromatic heterocycles. The van der Waals surface area contributed by atoms with E-state index in [2.05, 4.69) is 20.8 Å². The van der Waals surface area contributed by atoms with Gasteiger partial charge in [-0.15, -0.1) is 11.8 Å². The van der Waals surface area contributed by atoms with Gasteiger partial charge in [0.25, 0.3) is 0 Å². The van der Waals surface area contributed by atoms with Gasteiger partial charge in [0, 0.05) is 38.4 Å². The van der Waals surface area contributed by atoms with Crippen LogP contribution < -0.4 is 0 Å². The Morgan fingerprint density at radius 1 is 1.06 bits per heavy atom. The average Bonchev–Trinajstić information content (AvgIpc) is 2.35. The van der Waals surface area contributed by atoms with Crippen molar-refractivity contribution in [1.82, 2.24) is 9.80 Å². The van der Waals surface area contributed by atoms with Crippen LogP contribution in [0.15, 0.2) is 0 Å². The molecule has 0 radical (unpaired) electrons. The molecule has 1 saturated heterocycles. The van der Waals surface area contributed by atoms with Crippen LogP contribution in [-0.2, 0) is 9.59 Å². The highest BCUT2D eigenvalue weighted by Crippen LogP contribution is 2.19. The van der Waals surface area contributed by atoms with E-state index in [-0.39, 0.29) is 11.8 Å². The number of carbonyl (C=O) groups excluding carboxylic acids is 2. The van der Waals surface area contributed by atoms with Gasteiger partial charge in [-0.2, -0.15) is 0 Å². The van der Waals surface area contributed by atoms with Crippen LogP contribution in [0.4, 0.5) is 0 Å². The van der Waals surface area contributed by atoms with Crippen molar-refractivity contribution in [2.75, 3.05) is 31.9 Å². The van der Waals surface area contributed by atoms with Gasteiger partial charge >= 0.3 is 0 Å². The molecule has 0 aliphatic carbocycles. The van der Waals surface area contributed by atoms with E-state index in [9.17, 15) is 9.59 Å². The molecular formula is C13H24N2O2S. The molecule has 104 valence electrons. The maximum absolute atomic E-state index is 12.0. The standard InChI is InChI=1S/C13H24N2O2S/c1-10(2)11(3)18-9-13(17)15-7-5-14(6-8-15)12(4)16/h10-11H,5-9H2,1-4H3. The molecule has 0 N–H and O–H groups in total. The molecule has 0 bridgehead atoms. The molecule has 1 heterocycles. The summed E-state index contributed by atoms with van der Waals surface area (Å²) in [6.07, 6.45) is 0. The summed E-state index contributed by atoms with van der Waals surface area (Å²) in [5, 5.41) is 0.507. The topological polar surface area (TPSA) is 40.6 Å². The minimum absolute atomic E-state index is 0.102. The monoisotopic (exact) mass is 272 g/mol. The van der Waals surface area contributed by atoms with E-state index in [4.69, 9.17) is 0 Å². The van der Waals surface area contributed by atoms with Crippen LogP contribution in [-0.4, -0.2) is 58.8 Å². The van der Waals surface area contributed by atoms with Gasteiger partial charge in [0.05, 0.1) is 5.75 Å². The smallest absolute Gasteiger partial charge is 0.232 e. The van der Waals surface area contributed by atoms with Crippen molar-refractivity contribution in [3.05, 3.63) is 0 Å². The molecular weight excluding hydrogens is 248 g/mol. The van der Waals surface area contributed by atoms with E-state index in [1.165, 1.54) is 0 Å². The molecule has 18 heavy (non-hydrogen) atoms. The number of thioether (sulfide) groups is 1. The molecule has 1 aliphatic rings. The first-order valence-corrected chi connectivity index (χ1v) is 7.61. The maximum atomic E-state index is 12.0. The lowest BCUT2D eigenvalue weighted by Gasteiger charge is -2.34. The summed E-state index contributed by atoms with van der Waals surface area (Å²) in [5.41, 5.74) is 0. The zero-order valence-corrected chi connectivity index (χ0v) is 12.6. The predicted octanol–water partition coefficient (Wildman–Crippen LogP) is 1.45. The summed E-state index contributed by atoms with van der Waals surface area (Å²) in [7, 11) is 0. The number of hydrogen-bond acceptors (Lipinski definition) is 3. The van der Waals surface area contributed by atoms with Crippen molar-refractivity contribution in [3.63, 3.8) is 0 Å². The zero-order valence-electron chi connectivity index (χ0n) is 11.8. The highest BCUT2D eigenvalue weighted by atomic mass is 32.2. The first kappa shape index (κ1) is 15.3. The Bertz CT molecular complexity index is 299. The zero-order chi connectivity index (χ0) is 13.7. The van der Waals surface area contributed by atoms with Crippen LogP contribution in [0.25, 0.3) is 0 Å². The highest BCUT2D eigenvalue weighted by Gasteiger charge is 2.22. The second-order valence-electron chi connectivity index (χ2n) is 5.15. The molecule has 1 aliphatic heterocycles. The molecule has 2 amide bonds. The minimum Gasteiger partial charge on any atom is -0.339 e. The van der Waals surface area contributed by atoms with Crippen LogP contribution in [0, 0.1) is 5.92 Å². The fourth-order valence-corrected chi connectivity index (χ4v) is 2.73. The van der Waals surface area contributed by atoms with Crippen LogP contribution in [0.1, 0.15) is 27.7 Å². The molecule has 1 rings (SSSR count). The first-order valence-electron chi connectivity index (χ1n) is 6.56. The number of piperazine rings is 1. The molecule has 0 aromatic rings. The predicted molar refractivity (Wildman–Crippen MR) is 75.6 cm³/mol. The molecule has 1 unspecified atom stereocenters. The van der Waals surface area contributed by atoms with Gasteiger partial charge in [-0.05, 0) is 5.92 Å². The summed E-state index contributed by atoms with van der Waals surface area (Å²) in [4.78, 5) is 26.9. The van der Waals surface area contributed by atoms with Gasteiger partial charge in [0.15, 0.2) is 0 Å². The van der Waals surface area contributed by atoms with Gasteiger partial charge < -0.3 is 9.80 Å². The number of hydrogen-bond donors (Lipinski definition) is 0. The molecule has 4 nitrogen and oxygen atoms in total. The first-order chi connectivity index (χ1) is 8.41. The van der Waals surface area contributed by atoms with Crippen LogP contribution in [0.5, 0.6) is 0 Å². The molecule has 5 heteroatoms. The lowest BCUT2D eigenvalue weighted by molar-refractivity contribution is -0.136. The van der Waals surface area contributed by atoms with E-state index in [1.54, 1.807) is 23.6 Å². The quantitative estimate of drug-likeness (QED) is 0.778. The molecule has 0 aromatic carbocycles. The van der Waals surface area contributed by atoms with Gasteiger partial charge in [0.2, 0.25) is 11.8 Å². The second kappa shape index (κ2) is 7.02. The second-order valence-corrected chi connectivity index (χ2v) is 6.51. The fraction of sp³-hybridized carbons (Fsp3) is 0.846. The Balaban J connectivity index is 2.30. The lowest BCUT2D eigenvalue weighted by atomic mass is 10.2. The molecule has 1 atom stereocenters. The Hall–Kier alpha value is -0.710. The fourth-order valence-electron chi connectivity index (χ4n) is 1.76. The number of carbonyl (C=O) groups is 2. The van der Waals surface area contributed by atoms with E-state index in [1.807, 2.05) is 4.90 Å². The Morgan fingerprint density at radius 2 is 1.56 bits per heavy atom. The third-order valence-electron chi connectivity index (χ3n) is 3.49. The number of amides is 2. The van der Waals surface area contributed by atoms with Crippen molar-refractivity contribution in [2.45, 2.75) is 32.9 Å². The van der Waals surface area contributed by atoms with E-state index >= 15 is 0 Å². The average molecular weight is 272 g/mol. The number of rotatable bonds is 4. The van der Waals surface area contributed by atoms with Crippen LogP contribution >= 0.6 is 11.8 Å².